The molecule has 0 saturated heterocycles. The van der Waals surface area contributed by atoms with Crippen LogP contribution in [0.2, 0.25) is 10.0 Å². The lowest BCUT2D eigenvalue weighted by atomic mass is 10.2. The van der Waals surface area contributed by atoms with Gasteiger partial charge in [0.2, 0.25) is 0 Å². The first-order chi connectivity index (χ1) is 8.56. The Morgan fingerprint density at radius 2 is 1.89 bits per heavy atom. The molecule has 0 aliphatic rings. The van der Waals surface area contributed by atoms with Gasteiger partial charge >= 0.3 is 0 Å². The zero-order valence-corrected chi connectivity index (χ0v) is 10.8. The second kappa shape index (κ2) is 5.46. The van der Waals surface area contributed by atoms with Crippen molar-refractivity contribution in [2.24, 2.45) is 0 Å². The zero-order valence-electron chi connectivity index (χ0n) is 9.29. The van der Waals surface area contributed by atoms with Crippen molar-refractivity contribution in [3.05, 3.63) is 57.8 Å². The number of ether oxygens (including phenoxy) is 1. The number of rotatable bonds is 3. The molecule has 2 aromatic rings. The predicted molar refractivity (Wildman–Crippen MR) is 71.6 cm³/mol. The molecule has 0 heterocycles. The second-order valence-electron chi connectivity index (χ2n) is 3.71. The summed E-state index contributed by atoms with van der Waals surface area (Å²) in [5.41, 5.74) is 7.10. The summed E-state index contributed by atoms with van der Waals surface area (Å²) in [4.78, 5) is 0. The first kappa shape index (κ1) is 13.0. The highest BCUT2D eigenvalue weighted by Gasteiger charge is 2.04. The van der Waals surface area contributed by atoms with Gasteiger partial charge in [-0.15, -0.1) is 0 Å². The van der Waals surface area contributed by atoms with Gasteiger partial charge in [-0.25, -0.2) is 4.39 Å². The van der Waals surface area contributed by atoms with Gasteiger partial charge in [-0.3, -0.25) is 0 Å². The summed E-state index contributed by atoms with van der Waals surface area (Å²) < 4.78 is 18.6. The fourth-order valence-electron chi connectivity index (χ4n) is 1.43. The number of nitrogen functional groups attached to an aromatic ring is 1. The van der Waals surface area contributed by atoms with Gasteiger partial charge in [0.1, 0.15) is 18.2 Å². The Bertz CT molecular complexity index is 575. The van der Waals surface area contributed by atoms with Crippen LogP contribution < -0.4 is 10.5 Å². The Balaban J connectivity index is 2.11. The lowest BCUT2D eigenvalue weighted by molar-refractivity contribution is 0.305. The first-order valence-corrected chi connectivity index (χ1v) is 5.93. The van der Waals surface area contributed by atoms with E-state index in [9.17, 15) is 4.39 Å². The van der Waals surface area contributed by atoms with Crippen molar-refractivity contribution in [1.29, 1.82) is 0 Å². The van der Waals surface area contributed by atoms with Crippen LogP contribution in [-0.4, -0.2) is 0 Å². The molecule has 18 heavy (non-hydrogen) atoms. The summed E-state index contributed by atoms with van der Waals surface area (Å²) in [6.45, 7) is 0.216. The Kier molecular flexibility index (Phi) is 3.94. The van der Waals surface area contributed by atoms with Crippen LogP contribution in [0.25, 0.3) is 0 Å². The van der Waals surface area contributed by atoms with E-state index < -0.39 is 5.82 Å². The van der Waals surface area contributed by atoms with Crippen molar-refractivity contribution in [3.8, 4) is 5.75 Å². The topological polar surface area (TPSA) is 35.2 Å². The average molecular weight is 286 g/mol. The van der Waals surface area contributed by atoms with Gasteiger partial charge in [0.15, 0.2) is 0 Å². The summed E-state index contributed by atoms with van der Waals surface area (Å²) in [7, 11) is 0. The molecule has 2 rings (SSSR count). The SMILES string of the molecule is Nc1ccc(Cl)cc1COc1ccc(Cl)c(F)c1. The number of benzene rings is 2. The molecular weight excluding hydrogens is 276 g/mol. The summed E-state index contributed by atoms with van der Waals surface area (Å²) in [5.74, 6) is -0.135. The molecule has 2 aromatic carbocycles. The Labute approximate surface area is 114 Å². The number of hydrogen-bond donors (Lipinski definition) is 1. The van der Waals surface area contributed by atoms with Crippen LogP contribution in [-0.2, 0) is 6.61 Å². The molecule has 0 unspecified atom stereocenters. The average Bonchev–Trinajstić information content (AvgIpc) is 2.34. The number of anilines is 1. The molecule has 0 radical (unpaired) electrons. The Morgan fingerprint density at radius 1 is 1.11 bits per heavy atom. The number of halogens is 3. The quantitative estimate of drug-likeness (QED) is 0.854. The minimum atomic E-state index is -0.520. The van der Waals surface area contributed by atoms with Crippen molar-refractivity contribution in [2.75, 3.05) is 5.73 Å². The van der Waals surface area contributed by atoms with Crippen LogP contribution in [0.15, 0.2) is 36.4 Å². The summed E-state index contributed by atoms with van der Waals surface area (Å²) in [5, 5.41) is 0.634. The molecule has 0 aromatic heterocycles. The van der Waals surface area contributed by atoms with Crippen LogP contribution in [0.5, 0.6) is 5.75 Å². The minimum Gasteiger partial charge on any atom is -0.489 e. The van der Waals surface area contributed by atoms with Crippen molar-refractivity contribution in [3.63, 3.8) is 0 Å². The van der Waals surface area contributed by atoms with Crippen LogP contribution in [0, 0.1) is 5.82 Å². The lowest BCUT2D eigenvalue weighted by Gasteiger charge is -2.09. The maximum atomic E-state index is 13.2. The molecule has 0 saturated carbocycles. The third-order valence-corrected chi connectivity index (χ3v) is 2.93. The standard InChI is InChI=1S/C13H10Cl2FNO/c14-9-1-4-13(17)8(5-9)7-18-10-2-3-11(15)12(16)6-10/h1-6H,7,17H2. The zero-order chi connectivity index (χ0) is 13.1. The molecule has 0 aliphatic carbocycles. The maximum absolute atomic E-state index is 13.2. The molecular formula is C13H10Cl2FNO. The third-order valence-electron chi connectivity index (χ3n) is 2.39. The Morgan fingerprint density at radius 3 is 2.61 bits per heavy atom. The molecule has 0 bridgehead atoms. The minimum absolute atomic E-state index is 0.0598. The highest BCUT2D eigenvalue weighted by Crippen LogP contribution is 2.23. The molecule has 0 spiro atoms. The van der Waals surface area contributed by atoms with E-state index in [2.05, 4.69) is 0 Å². The van der Waals surface area contributed by atoms with Gasteiger partial charge in [0, 0.05) is 22.3 Å². The van der Waals surface area contributed by atoms with Gasteiger partial charge in [-0.05, 0) is 30.3 Å². The molecule has 2 nitrogen and oxygen atoms in total. The lowest BCUT2D eigenvalue weighted by Crippen LogP contribution is -2.00. The van der Waals surface area contributed by atoms with E-state index in [1.807, 2.05) is 0 Å². The second-order valence-corrected chi connectivity index (χ2v) is 4.55. The van der Waals surface area contributed by atoms with Crippen LogP contribution in [0.1, 0.15) is 5.56 Å². The van der Waals surface area contributed by atoms with Gasteiger partial charge in [-0.2, -0.15) is 0 Å². The predicted octanol–water partition coefficient (Wildman–Crippen LogP) is 4.29. The summed E-state index contributed by atoms with van der Waals surface area (Å²) >= 11 is 11.4. The molecule has 94 valence electrons. The van der Waals surface area contributed by atoms with E-state index in [0.29, 0.717) is 16.5 Å². The molecule has 0 aliphatic heterocycles. The van der Waals surface area contributed by atoms with E-state index in [1.165, 1.54) is 12.1 Å². The van der Waals surface area contributed by atoms with E-state index >= 15 is 0 Å². The molecule has 5 heteroatoms. The van der Waals surface area contributed by atoms with Crippen LogP contribution >= 0.6 is 23.2 Å². The molecule has 0 fully saturated rings. The van der Waals surface area contributed by atoms with Crippen molar-refractivity contribution in [2.45, 2.75) is 6.61 Å². The highest BCUT2D eigenvalue weighted by molar-refractivity contribution is 6.31. The Hall–Kier alpha value is -1.45. The monoisotopic (exact) mass is 285 g/mol. The van der Waals surface area contributed by atoms with Gasteiger partial charge in [0.25, 0.3) is 0 Å². The fraction of sp³-hybridized carbons (Fsp3) is 0.0769. The molecule has 0 amide bonds. The van der Waals surface area contributed by atoms with Gasteiger partial charge in [0.05, 0.1) is 5.02 Å². The molecule has 2 N–H and O–H groups in total. The van der Waals surface area contributed by atoms with Crippen LogP contribution in [0.3, 0.4) is 0 Å². The summed E-state index contributed by atoms with van der Waals surface area (Å²) in [6, 6.07) is 9.36. The maximum Gasteiger partial charge on any atom is 0.145 e. The normalized spacial score (nSPS) is 10.4. The number of hydrogen-bond acceptors (Lipinski definition) is 2. The van der Waals surface area contributed by atoms with Gasteiger partial charge < -0.3 is 10.5 Å². The van der Waals surface area contributed by atoms with E-state index in [4.69, 9.17) is 33.7 Å². The third kappa shape index (κ3) is 3.06. The molecule has 0 atom stereocenters. The van der Waals surface area contributed by atoms with E-state index in [-0.39, 0.29) is 11.6 Å². The smallest absolute Gasteiger partial charge is 0.145 e. The van der Waals surface area contributed by atoms with Crippen molar-refractivity contribution in [1.82, 2.24) is 0 Å². The van der Waals surface area contributed by atoms with Crippen molar-refractivity contribution < 1.29 is 9.13 Å². The van der Waals surface area contributed by atoms with E-state index in [0.717, 1.165) is 5.56 Å². The highest BCUT2D eigenvalue weighted by atomic mass is 35.5. The van der Waals surface area contributed by atoms with E-state index in [1.54, 1.807) is 24.3 Å². The van der Waals surface area contributed by atoms with Crippen LogP contribution in [0.4, 0.5) is 10.1 Å². The largest absolute Gasteiger partial charge is 0.489 e. The van der Waals surface area contributed by atoms with Gasteiger partial charge in [-0.1, -0.05) is 23.2 Å². The van der Waals surface area contributed by atoms with Crippen molar-refractivity contribution >= 4 is 28.9 Å². The fourth-order valence-corrected chi connectivity index (χ4v) is 1.74. The number of nitrogens with two attached hydrogens (primary N) is 1. The summed E-state index contributed by atoms with van der Waals surface area (Å²) in [6.07, 6.45) is 0. The first-order valence-electron chi connectivity index (χ1n) is 5.18.